The zero-order valence-corrected chi connectivity index (χ0v) is 13.1. The summed E-state index contributed by atoms with van der Waals surface area (Å²) in [6.07, 6.45) is 0. The van der Waals surface area contributed by atoms with Gasteiger partial charge in [0.15, 0.2) is 5.78 Å². The molecule has 3 rings (SSSR count). The molecule has 104 valence electrons. The highest BCUT2D eigenvalue weighted by Gasteiger charge is 2.14. The summed E-state index contributed by atoms with van der Waals surface area (Å²) >= 11 is 3.45. The summed E-state index contributed by atoms with van der Waals surface area (Å²) in [4.78, 5) is 12.6. The lowest BCUT2D eigenvalue weighted by molar-refractivity contribution is 0.103. The smallest absolute Gasteiger partial charge is 0.196 e. The van der Waals surface area contributed by atoms with Crippen molar-refractivity contribution in [1.29, 1.82) is 0 Å². The Morgan fingerprint density at radius 3 is 2.48 bits per heavy atom. The highest BCUT2D eigenvalue weighted by atomic mass is 79.9. The number of hydrogen-bond donors (Lipinski definition) is 0. The van der Waals surface area contributed by atoms with Crippen LogP contribution in [0.1, 0.15) is 15.9 Å². The molecule has 0 saturated heterocycles. The minimum Gasteiger partial charge on any atom is -0.496 e. The van der Waals surface area contributed by atoms with Crippen molar-refractivity contribution in [2.75, 3.05) is 7.11 Å². The van der Waals surface area contributed by atoms with Gasteiger partial charge in [0.05, 0.1) is 12.7 Å². The maximum Gasteiger partial charge on any atom is 0.196 e. The van der Waals surface area contributed by atoms with Gasteiger partial charge in [-0.15, -0.1) is 0 Å². The number of methoxy groups -OCH3 is 1. The van der Waals surface area contributed by atoms with Crippen molar-refractivity contribution in [2.45, 2.75) is 0 Å². The van der Waals surface area contributed by atoms with Gasteiger partial charge in [-0.25, -0.2) is 0 Å². The highest BCUT2D eigenvalue weighted by molar-refractivity contribution is 9.10. The largest absolute Gasteiger partial charge is 0.496 e. The molecule has 0 aliphatic heterocycles. The molecule has 0 fully saturated rings. The van der Waals surface area contributed by atoms with Crippen LogP contribution in [-0.4, -0.2) is 12.9 Å². The van der Waals surface area contributed by atoms with Gasteiger partial charge in [0.1, 0.15) is 5.75 Å². The molecule has 0 atom stereocenters. The van der Waals surface area contributed by atoms with Crippen LogP contribution in [0.3, 0.4) is 0 Å². The lowest BCUT2D eigenvalue weighted by Crippen LogP contribution is -2.03. The molecule has 21 heavy (non-hydrogen) atoms. The number of carbonyl (C=O) groups is 1. The lowest BCUT2D eigenvalue weighted by atomic mass is 9.99. The first-order chi connectivity index (χ1) is 10.2. The quantitative estimate of drug-likeness (QED) is 0.637. The van der Waals surface area contributed by atoms with Crippen LogP contribution in [0, 0.1) is 0 Å². The van der Waals surface area contributed by atoms with E-state index >= 15 is 0 Å². The first-order valence-corrected chi connectivity index (χ1v) is 7.35. The maximum atomic E-state index is 12.6. The van der Waals surface area contributed by atoms with Crippen LogP contribution < -0.4 is 4.74 Å². The van der Waals surface area contributed by atoms with Crippen LogP contribution >= 0.6 is 15.9 Å². The van der Waals surface area contributed by atoms with Gasteiger partial charge in [0.25, 0.3) is 0 Å². The van der Waals surface area contributed by atoms with Crippen molar-refractivity contribution in [3.63, 3.8) is 0 Å². The fraction of sp³-hybridized carbons (Fsp3) is 0.0556. The van der Waals surface area contributed by atoms with Gasteiger partial charge < -0.3 is 4.74 Å². The van der Waals surface area contributed by atoms with Gasteiger partial charge in [-0.3, -0.25) is 4.79 Å². The third-order valence-corrected chi connectivity index (χ3v) is 3.91. The minimum atomic E-state index is -0.0303. The Kier molecular flexibility index (Phi) is 3.76. The first kappa shape index (κ1) is 13.8. The molecule has 0 amide bonds. The van der Waals surface area contributed by atoms with E-state index in [4.69, 9.17) is 4.74 Å². The molecule has 3 aromatic rings. The number of fused-ring (bicyclic) bond motifs is 1. The Bertz CT molecular complexity index is 824. The Balaban J connectivity index is 2.07. The topological polar surface area (TPSA) is 26.3 Å². The van der Waals surface area contributed by atoms with Crippen molar-refractivity contribution in [3.8, 4) is 5.75 Å². The van der Waals surface area contributed by atoms with Crippen LogP contribution in [-0.2, 0) is 0 Å². The van der Waals surface area contributed by atoms with Crippen molar-refractivity contribution in [2.24, 2.45) is 0 Å². The zero-order valence-electron chi connectivity index (χ0n) is 11.5. The average Bonchev–Trinajstić information content (AvgIpc) is 2.53. The molecule has 0 N–H and O–H groups in total. The van der Waals surface area contributed by atoms with Crippen molar-refractivity contribution >= 4 is 32.5 Å². The summed E-state index contributed by atoms with van der Waals surface area (Å²) in [6, 6.07) is 19.0. The molecule has 0 bridgehead atoms. The van der Waals surface area contributed by atoms with E-state index in [1.54, 1.807) is 19.2 Å². The minimum absolute atomic E-state index is 0.0303. The molecule has 0 aliphatic rings. The van der Waals surface area contributed by atoms with Gasteiger partial charge in [-0.05, 0) is 41.1 Å². The van der Waals surface area contributed by atoms with Crippen LogP contribution in [0.5, 0.6) is 5.75 Å². The first-order valence-electron chi connectivity index (χ1n) is 6.56. The summed E-state index contributed by atoms with van der Waals surface area (Å²) in [7, 11) is 1.57. The third kappa shape index (κ3) is 2.69. The number of carbonyl (C=O) groups excluding carboxylic acids is 1. The Morgan fingerprint density at radius 2 is 1.67 bits per heavy atom. The second kappa shape index (κ2) is 5.70. The predicted molar refractivity (Wildman–Crippen MR) is 88.1 cm³/mol. The van der Waals surface area contributed by atoms with Gasteiger partial charge in [-0.2, -0.15) is 0 Å². The predicted octanol–water partition coefficient (Wildman–Crippen LogP) is 4.84. The van der Waals surface area contributed by atoms with E-state index in [2.05, 4.69) is 15.9 Å². The number of rotatable bonds is 3. The van der Waals surface area contributed by atoms with E-state index in [9.17, 15) is 4.79 Å². The van der Waals surface area contributed by atoms with E-state index in [1.165, 1.54) is 0 Å². The molecule has 0 heterocycles. The van der Waals surface area contributed by atoms with Crippen LogP contribution in [0.4, 0.5) is 0 Å². The molecular formula is C18H13BrO2. The van der Waals surface area contributed by atoms with E-state index < -0.39 is 0 Å². The van der Waals surface area contributed by atoms with Gasteiger partial charge in [0.2, 0.25) is 0 Å². The zero-order chi connectivity index (χ0) is 14.8. The fourth-order valence-electron chi connectivity index (χ4n) is 2.35. The number of ether oxygens (including phenoxy) is 1. The third-order valence-electron chi connectivity index (χ3n) is 3.42. The fourth-order valence-corrected chi connectivity index (χ4v) is 2.72. The van der Waals surface area contributed by atoms with E-state index in [1.807, 2.05) is 48.5 Å². The van der Waals surface area contributed by atoms with Crippen LogP contribution in [0.15, 0.2) is 65.1 Å². The lowest BCUT2D eigenvalue weighted by Gasteiger charge is -2.08. The standard InChI is InChI=1S/C18H13BrO2/c1-21-17-5-3-2-4-16(17)18(20)14-7-6-13-11-15(19)9-8-12(13)10-14/h2-11H,1H3. The number of ketones is 1. The van der Waals surface area contributed by atoms with E-state index in [0.29, 0.717) is 16.9 Å². The van der Waals surface area contributed by atoms with Gasteiger partial charge in [0, 0.05) is 10.0 Å². The second-order valence-corrected chi connectivity index (χ2v) is 5.65. The average molecular weight is 341 g/mol. The van der Waals surface area contributed by atoms with Crippen molar-refractivity contribution in [1.82, 2.24) is 0 Å². The van der Waals surface area contributed by atoms with E-state index in [0.717, 1.165) is 15.2 Å². The Morgan fingerprint density at radius 1 is 0.952 bits per heavy atom. The van der Waals surface area contributed by atoms with Crippen molar-refractivity contribution < 1.29 is 9.53 Å². The molecule has 0 spiro atoms. The molecule has 3 aromatic carbocycles. The molecule has 0 aliphatic carbocycles. The van der Waals surface area contributed by atoms with Crippen LogP contribution in [0.25, 0.3) is 10.8 Å². The van der Waals surface area contributed by atoms with Crippen molar-refractivity contribution in [3.05, 3.63) is 76.3 Å². The maximum absolute atomic E-state index is 12.6. The summed E-state index contributed by atoms with van der Waals surface area (Å²) in [5.74, 6) is 0.565. The number of benzene rings is 3. The number of para-hydroxylation sites is 1. The van der Waals surface area contributed by atoms with Gasteiger partial charge in [-0.1, -0.05) is 46.3 Å². The van der Waals surface area contributed by atoms with Crippen LogP contribution in [0.2, 0.25) is 0 Å². The molecule has 2 nitrogen and oxygen atoms in total. The molecule has 3 heteroatoms. The highest BCUT2D eigenvalue weighted by Crippen LogP contribution is 2.25. The summed E-state index contributed by atoms with van der Waals surface area (Å²) in [6.45, 7) is 0. The molecule has 0 unspecified atom stereocenters. The summed E-state index contributed by atoms with van der Waals surface area (Å²) in [5.41, 5.74) is 1.24. The number of halogens is 1. The van der Waals surface area contributed by atoms with E-state index in [-0.39, 0.29) is 5.78 Å². The number of hydrogen-bond acceptors (Lipinski definition) is 2. The normalized spacial score (nSPS) is 10.6. The second-order valence-electron chi connectivity index (χ2n) is 4.74. The molecule has 0 radical (unpaired) electrons. The SMILES string of the molecule is COc1ccccc1C(=O)c1ccc2cc(Br)ccc2c1. The molecule has 0 aromatic heterocycles. The summed E-state index contributed by atoms with van der Waals surface area (Å²) in [5, 5.41) is 2.14. The van der Waals surface area contributed by atoms with Gasteiger partial charge >= 0.3 is 0 Å². The molecule has 0 saturated carbocycles. The molecular weight excluding hydrogens is 328 g/mol. The Hall–Kier alpha value is -2.13. The monoisotopic (exact) mass is 340 g/mol. The Labute approximate surface area is 131 Å². The summed E-state index contributed by atoms with van der Waals surface area (Å²) < 4.78 is 6.29.